The topological polar surface area (TPSA) is 32.3 Å². The number of carbonyl (C=O) groups excluding carboxylic acids is 1. The van der Waals surface area contributed by atoms with Gasteiger partial charge in [0, 0.05) is 13.1 Å². The predicted octanol–water partition coefficient (Wildman–Crippen LogP) is 2.17. The molecule has 1 aliphatic heterocycles. The average Bonchev–Trinajstić information content (AvgIpc) is 3.23. The van der Waals surface area contributed by atoms with E-state index in [4.69, 9.17) is 0 Å². The third-order valence-corrected chi connectivity index (χ3v) is 4.73. The molecule has 1 saturated heterocycles. The lowest BCUT2D eigenvalue weighted by Crippen LogP contribution is -2.58. The summed E-state index contributed by atoms with van der Waals surface area (Å²) in [4.78, 5) is 15.0. The highest BCUT2D eigenvalue weighted by Gasteiger charge is 2.40. The summed E-state index contributed by atoms with van der Waals surface area (Å²) in [5.41, 5.74) is -0.276. The molecule has 0 aromatic carbocycles. The monoisotopic (exact) mass is 250 g/mol. The van der Waals surface area contributed by atoms with Crippen molar-refractivity contribution in [3.63, 3.8) is 0 Å². The number of hydrogen-bond acceptors (Lipinski definition) is 2. The first-order chi connectivity index (χ1) is 8.67. The smallest absolute Gasteiger partial charge is 0.242 e. The van der Waals surface area contributed by atoms with E-state index in [0.717, 1.165) is 37.9 Å². The maximum Gasteiger partial charge on any atom is 0.242 e. The summed E-state index contributed by atoms with van der Waals surface area (Å²) in [6.45, 7) is 5.16. The van der Waals surface area contributed by atoms with Gasteiger partial charge in [-0.3, -0.25) is 4.79 Å². The zero-order chi connectivity index (χ0) is 12.6. The summed E-state index contributed by atoms with van der Waals surface area (Å²) in [5.74, 6) is 1.99. The van der Waals surface area contributed by atoms with Crippen molar-refractivity contribution in [3.8, 4) is 0 Å². The van der Waals surface area contributed by atoms with Crippen LogP contribution in [-0.4, -0.2) is 36.0 Å². The van der Waals surface area contributed by atoms with Crippen LogP contribution in [0.4, 0.5) is 0 Å². The van der Waals surface area contributed by atoms with Gasteiger partial charge in [-0.1, -0.05) is 0 Å². The standard InChI is InChI=1S/C15H26N2O/c1-15(8-2-3-9-16-15)14(18)17(10-12-4-5-12)11-13-6-7-13/h12-13,16H,2-11H2,1H3. The van der Waals surface area contributed by atoms with Crippen molar-refractivity contribution in [1.29, 1.82) is 0 Å². The van der Waals surface area contributed by atoms with Crippen molar-refractivity contribution in [2.45, 2.75) is 57.4 Å². The largest absolute Gasteiger partial charge is 0.341 e. The van der Waals surface area contributed by atoms with E-state index in [2.05, 4.69) is 17.1 Å². The summed E-state index contributed by atoms with van der Waals surface area (Å²) in [6, 6.07) is 0. The van der Waals surface area contributed by atoms with Gasteiger partial charge in [-0.15, -0.1) is 0 Å². The third kappa shape index (κ3) is 2.87. The number of nitrogens with zero attached hydrogens (tertiary/aromatic N) is 1. The lowest BCUT2D eigenvalue weighted by molar-refractivity contribution is -0.139. The van der Waals surface area contributed by atoms with Crippen LogP contribution in [0.5, 0.6) is 0 Å². The number of rotatable bonds is 5. The fourth-order valence-electron chi connectivity index (χ4n) is 3.05. The van der Waals surface area contributed by atoms with E-state index in [1.165, 1.54) is 38.5 Å². The van der Waals surface area contributed by atoms with Crippen LogP contribution < -0.4 is 5.32 Å². The average molecular weight is 250 g/mol. The van der Waals surface area contributed by atoms with E-state index in [-0.39, 0.29) is 5.54 Å². The van der Waals surface area contributed by atoms with Gasteiger partial charge < -0.3 is 10.2 Å². The van der Waals surface area contributed by atoms with Gasteiger partial charge in [0.15, 0.2) is 0 Å². The minimum absolute atomic E-state index is 0.276. The maximum absolute atomic E-state index is 12.8. The van der Waals surface area contributed by atoms with Gasteiger partial charge in [-0.25, -0.2) is 0 Å². The quantitative estimate of drug-likeness (QED) is 0.811. The van der Waals surface area contributed by atoms with Crippen molar-refractivity contribution in [2.75, 3.05) is 19.6 Å². The zero-order valence-corrected chi connectivity index (χ0v) is 11.6. The summed E-state index contributed by atoms with van der Waals surface area (Å²) in [5, 5.41) is 3.47. The van der Waals surface area contributed by atoms with Crippen molar-refractivity contribution in [3.05, 3.63) is 0 Å². The maximum atomic E-state index is 12.8. The second kappa shape index (κ2) is 4.84. The molecule has 2 aliphatic carbocycles. The first-order valence-corrected chi connectivity index (χ1v) is 7.72. The lowest BCUT2D eigenvalue weighted by Gasteiger charge is -2.38. The van der Waals surface area contributed by atoms with Crippen LogP contribution in [-0.2, 0) is 4.79 Å². The van der Waals surface area contributed by atoms with Crippen LogP contribution in [0, 0.1) is 11.8 Å². The van der Waals surface area contributed by atoms with Crippen LogP contribution in [0.25, 0.3) is 0 Å². The lowest BCUT2D eigenvalue weighted by atomic mass is 9.89. The van der Waals surface area contributed by atoms with Gasteiger partial charge in [0.1, 0.15) is 0 Å². The zero-order valence-electron chi connectivity index (χ0n) is 11.6. The molecule has 0 aromatic heterocycles. The number of amides is 1. The van der Waals surface area contributed by atoms with Gasteiger partial charge in [-0.2, -0.15) is 0 Å². The molecule has 3 heteroatoms. The van der Waals surface area contributed by atoms with Crippen LogP contribution in [0.1, 0.15) is 51.9 Å². The highest BCUT2D eigenvalue weighted by atomic mass is 16.2. The Morgan fingerprint density at radius 3 is 2.22 bits per heavy atom. The molecule has 0 bridgehead atoms. The van der Waals surface area contributed by atoms with E-state index < -0.39 is 0 Å². The van der Waals surface area contributed by atoms with Gasteiger partial charge in [0.2, 0.25) is 5.91 Å². The second-order valence-corrected chi connectivity index (χ2v) is 6.81. The van der Waals surface area contributed by atoms with Crippen LogP contribution in [0.2, 0.25) is 0 Å². The minimum Gasteiger partial charge on any atom is -0.341 e. The molecular formula is C15H26N2O. The number of nitrogens with one attached hydrogen (secondary N) is 1. The molecule has 3 aliphatic rings. The number of piperidine rings is 1. The molecule has 1 heterocycles. The van der Waals surface area contributed by atoms with Crippen LogP contribution in [0.3, 0.4) is 0 Å². The Morgan fingerprint density at radius 2 is 1.78 bits per heavy atom. The van der Waals surface area contributed by atoms with Crippen molar-refractivity contribution < 1.29 is 4.79 Å². The van der Waals surface area contributed by atoms with E-state index in [1.54, 1.807) is 0 Å². The fourth-order valence-corrected chi connectivity index (χ4v) is 3.05. The normalized spacial score (nSPS) is 32.3. The molecule has 0 radical (unpaired) electrons. The Hall–Kier alpha value is -0.570. The Kier molecular flexibility index (Phi) is 3.35. The Balaban J connectivity index is 1.64. The molecule has 3 rings (SSSR count). The molecule has 18 heavy (non-hydrogen) atoms. The molecule has 0 spiro atoms. The van der Waals surface area contributed by atoms with E-state index in [0.29, 0.717) is 5.91 Å². The van der Waals surface area contributed by atoms with E-state index in [9.17, 15) is 4.79 Å². The van der Waals surface area contributed by atoms with E-state index >= 15 is 0 Å². The molecule has 1 unspecified atom stereocenters. The highest BCUT2D eigenvalue weighted by molar-refractivity contribution is 5.86. The Bertz CT molecular complexity index is 300. The molecule has 3 nitrogen and oxygen atoms in total. The summed E-state index contributed by atoms with van der Waals surface area (Å²) in [6.07, 6.45) is 8.75. The van der Waals surface area contributed by atoms with Crippen molar-refractivity contribution >= 4 is 5.91 Å². The summed E-state index contributed by atoms with van der Waals surface area (Å²) in [7, 11) is 0. The molecule has 1 amide bonds. The first-order valence-electron chi connectivity index (χ1n) is 7.72. The number of hydrogen-bond donors (Lipinski definition) is 1. The first kappa shape index (κ1) is 12.5. The molecule has 0 aromatic rings. The molecule has 1 atom stereocenters. The van der Waals surface area contributed by atoms with Gasteiger partial charge in [0.25, 0.3) is 0 Å². The van der Waals surface area contributed by atoms with Crippen LogP contribution in [0.15, 0.2) is 0 Å². The SMILES string of the molecule is CC1(C(=O)N(CC2CC2)CC2CC2)CCCCN1. The Labute approximate surface area is 110 Å². The molecule has 3 fully saturated rings. The van der Waals surface area contributed by atoms with Crippen molar-refractivity contribution in [1.82, 2.24) is 10.2 Å². The van der Waals surface area contributed by atoms with Crippen LogP contribution >= 0.6 is 0 Å². The Morgan fingerprint density at radius 1 is 1.17 bits per heavy atom. The van der Waals surface area contributed by atoms with Crippen molar-refractivity contribution in [2.24, 2.45) is 11.8 Å². The highest BCUT2D eigenvalue weighted by Crippen LogP contribution is 2.35. The summed E-state index contributed by atoms with van der Waals surface area (Å²) < 4.78 is 0. The van der Waals surface area contributed by atoms with Gasteiger partial charge >= 0.3 is 0 Å². The molecule has 102 valence electrons. The molecule has 2 saturated carbocycles. The molecule has 1 N–H and O–H groups in total. The minimum atomic E-state index is -0.276. The molecular weight excluding hydrogens is 224 g/mol. The van der Waals surface area contributed by atoms with E-state index in [1.807, 2.05) is 0 Å². The van der Waals surface area contributed by atoms with Gasteiger partial charge in [-0.05, 0) is 70.3 Å². The second-order valence-electron chi connectivity index (χ2n) is 6.81. The summed E-state index contributed by atoms with van der Waals surface area (Å²) >= 11 is 0. The number of carbonyl (C=O) groups is 1. The third-order valence-electron chi connectivity index (χ3n) is 4.73. The fraction of sp³-hybridized carbons (Fsp3) is 0.933. The van der Waals surface area contributed by atoms with Gasteiger partial charge in [0.05, 0.1) is 5.54 Å². The predicted molar refractivity (Wildman–Crippen MR) is 72.3 cm³/mol.